The summed E-state index contributed by atoms with van der Waals surface area (Å²) in [5.41, 5.74) is 3.94. The fourth-order valence-corrected chi connectivity index (χ4v) is 1.42. The van der Waals surface area contributed by atoms with Gasteiger partial charge in [0, 0.05) is 18.8 Å². The minimum atomic E-state index is -0.306. The third-order valence-corrected chi connectivity index (χ3v) is 2.32. The Labute approximate surface area is 105 Å². The van der Waals surface area contributed by atoms with Crippen molar-refractivity contribution in [3.05, 3.63) is 66.0 Å². The third-order valence-electron chi connectivity index (χ3n) is 2.32. The molecule has 0 aliphatic carbocycles. The molecule has 1 amide bonds. The molecule has 0 aliphatic heterocycles. The standard InChI is InChI=1S/C14H13N3O/c18-14(13-8-4-5-10-15-13)17-16-11-9-12-6-2-1-3-7-12/h1-8,10-11H,9H2,(H,17,18)/b16-11+. The molecule has 1 aromatic carbocycles. The summed E-state index contributed by atoms with van der Waals surface area (Å²) in [7, 11) is 0. The maximum Gasteiger partial charge on any atom is 0.289 e. The van der Waals surface area contributed by atoms with Crippen LogP contribution in [0.4, 0.5) is 0 Å². The summed E-state index contributed by atoms with van der Waals surface area (Å²) in [5.74, 6) is -0.306. The lowest BCUT2D eigenvalue weighted by Gasteiger charge is -1.98. The Morgan fingerprint density at radius 1 is 1.17 bits per heavy atom. The molecule has 0 unspecified atom stereocenters. The van der Waals surface area contributed by atoms with Crippen molar-refractivity contribution in [2.24, 2.45) is 5.10 Å². The number of pyridine rings is 1. The van der Waals surface area contributed by atoms with Crippen LogP contribution in [0.2, 0.25) is 0 Å². The van der Waals surface area contributed by atoms with Crippen LogP contribution < -0.4 is 5.43 Å². The van der Waals surface area contributed by atoms with E-state index in [9.17, 15) is 4.79 Å². The Morgan fingerprint density at radius 3 is 2.67 bits per heavy atom. The van der Waals surface area contributed by atoms with Crippen LogP contribution in [0.1, 0.15) is 16.1 Å². The van der Waals surface area contributed by atoms with Crippen LogP contribution in [0.15, 0.2) is 59.8 Å². The largest absolute Gasteiger partial charge is 0.289 e. The molecular formula is C14H13N3O. The smallest absolute Gasteiger partial charge is 0.266 e. The highest BCUT2D eigenvalue weighted by Crippen LogP contribution is 1.97. The van der Waals surface area contributed by atoms with Crippen LogP contribution in [0.3, 0.4) is 0 Å². The van der Waals surface area contributed by atoms with E-state index >= 15 is 0 Å². The van der Waals surface area contributed by atoms with E-state index in [-0.39, 0.29) is 5.91 Å². The first-order valence-corrected chi connectivity index (χ1v) is 5.63. The summed E-state index contributed by atoms with van der Waals surface area (Å²) in [6.07, 6.45) is 3.92. The number of rotatable bonds is 4. The predicted molar refractivity (Wildman–Crippen MR) is 70.3 cm³/mol. The van der Waals surface area contributed by atoms with Crippen molar-refractivity contribution < 1.29 is 4.79 Å². The fourth-order valence-electron chi connectivity index (χ4n) is 1.42. The van der Waals surface area contributed by atoms with Crippen molar-refractivity contribution in [1.82, 2.24) is 10.4 Å². The molecule has 90 valence electrons. The van der Waals surface area contributed by atoms with E-state index in [0.717, 1.165) is 5.56 Å². The lowest BCUT2D eigenvalue weighted by molar-refractivity contribution is 0.0950. The van der Waals surface area contributed by atoms with Crippen molar-refractivity contribution >= 4 is 12.1 Å². The summed E-state index contributed by atoms with van der Waals surface area (Å²) in [6.45, 7) is 0. The predicted octanol–water partition coefficient (Wildman–Crippen LogP) is 2.04. The Kier molecular flexibility index (Phi) is 4.19. The average Bonchev–Trinajstić information content (AvgIpc) is 2.45. The van der Waals surface area contributed by atoms with Gasteiger partial charge in [0.05, 0.1) is 0 Å². The van der Waals surface area contributed by atoms with Gasteiger partial charge in [-0.25, -0.2) is 5.43 Å². The Bertz CT molecular complexity index is 523. The van der Waals surface area contributed by atoms with Crippen LogP contribution >= 0.6 is 0 Å². The number of aromatic nitrogens is 1. The summed E-state index contributed by atoms with van der Waals surface area (Å²) < 4.78 is 0. The van der Waals surface area contributed by atoms with Crippen molar-refractivity contribution in [3.8, 4) is 0 Å². The first kappa shape index (κ1) is 12.0. The van der Waals surface area contributed by atoms with Gasteiger partial charge in [-0.05, 0) is 17.7 Å². The molecule has 1 heterocycles. The number of hydrogen-bond donors (Lipinski definition) is 1. The van der Waals surface area contributed by atoms with Gasteiger partial charge in [-0.15, -0.1) is 0 Å². The van der Waals surface area contributed by atoms with E-state index in [1.165, 1.54) is 0 Å². The number of carbonyl (C=O) groups excluding carboxylic acids is 1. The molecule has 0 spiro atoms. The van der Waals surface area contributed by atoms with Crippen LogP contribution in [-0.4, -0.2) is 17.1 Å². The molecule has 18 heavy (non-hydrogen) atoms. The zero-order valence-corrected chi connectivity index (χ0v) is 9.78. The first-order chi connectivity index (χ1) is 8.86. The van der Waals surface area contributed by atoms with Gasteiger partial charge in [-0.1, -0.05) is 36.4 Å². The molecule has 1 aromatic heterocycles. The second-order valence-corrected chi connectivity index (χ2v) is 3.66. The lowest BCUT2D eigenvalue weighted by Crippen LogP contribution is -2.18. The minimum absolute atomic E-state index is 0.306. The molecule has 4 nitrogen and oxygen atoms in total. The highest BCUT2D eigenvalue weighted by molar-refractivity contribution is 5.92. The van der Waals surface area contributed by atoms with Crippen molar-refractivity contribution in [3.63, 3.8) is 0 Å². The zero-order valence-electron chi connectivity index (χ0n) is 9.78. The normalized spacial score (nSPS) is 10.4. The van der Waals surface area contributed by atoms with Crippen molar-refractivity contribution in [2.75, 3.05) is 0 Å². The molecule has 0 atom stereocenters. The van der Waals surface area contributed by atoms with E-state index in [2.05, 4.69) is 15.5 Å². The summed E-state index contributed by atoms with van der Waals surface area (Å²) in [4.78, 5) is 15.5. The van der Waals surface area contributed by atoms with Crippen LogP contribution in [0.25, 0.3) is 0 Å². The van der Waals surface area contributed by atoms with Crippen LogP contribution in [0.5, 0.6) is 0 Å². The Balaban J connectivity index is 1.83. The molecule has 2 aromatic rings. The lowest BCUT2D eigenvalue weighted by atomic mass is 10.2. The van der Waals surface area contributed by atoms with Crippen molar-refractivity contribution in [1.29, 1.82) is 0 Å². The maximum atomic E-state index is 11.6. The number of amides is 1. The van der Waals surface area contributed by atoms with Gasteiger partial charge in [-0.3, -0.25) is 9.78 Å². The number of hydrazone groups is 1. The Morgan fingerprint density at radius 2 is 1.94 bits per heavy atom. The fraction of sp³-hybridized carbons (Fsp3) is 0.0714. The minimum Gasteiger partial charge on any atom is -0.266 e. The number of carbonyl (C=O) groups is 1. The molecule has 0 aliphatic rings. The number of nitrogens with one attached hydrogen (secondary N) is 1. The number of nitrogens with zero attached hydrogens (tertiary/aromatic N) is 2. The SMILES string of the molecule is O=C(N/N=C/Cc1ccccc1)c1ccccn1. The topological polar surface area (TPSA) is 54.4 Å². The van der Waals surface area contributed by atoms with Gasteiger partial charge in [0.2, 0.25) is 0 Å². The molecule has 2 rings (SSSR count). The van der Waals surface area contributed by atoms with Crippen LogP contribution in [-0.2, 0) is 6.42 Å². The van der Waals surface area contributed by atoms with E-state index in [4.69, 9.17) is 0 Å². The molecule has 0 fully saturated rings. The van der Waals surface area contributed by atoms with E-state index in [1.807, 2.05) is 30.3 Å². The quantitative estimate of drug-likeness (QED) is 0.655. The van der Waals surface area contributed by atoms with Crippen LogP contribution in [0, 0.1) is 0 Å². The second kappa shape index (κ2) is 6.30. The monoisotopic (exact) mass is 239 g/mol. The van der Waals surface area contributed by atoms with E-state index in [0.29, 0.717) is 12.1 Å². The summed E-state index contributed by atoms with van der Waals surface area (Å²) >= 11 is 0. The summed E-state index contributed by atoms with van der Waals surface area (Å²) in [6, 6.07) is 15.1. The third kappa shape index (κ3) is 3.52. The Hall–Kier alpha value is -2.49. The maximum absolute atomic E-state index is 11.6. The molecule has 0 bridgehead atoms. The first-order valence-electron chi connectivity index (χ1n) is 5.63. The number of benzene rings is 1. The van der Waals surface area contributed by atoms with Crippen molar-refractivity contribution in [2.45, 2.75) is 6.42 Å². The van der Waals surface area contributed by atoms with Gasteiger partial charge in [0.25, 0.3) is 5.91 Å². The van der Waals surface area contributed by atoms with E-state index < -0.39 is 0 Å². The zero-order chi connectivity index (χ0) is 12.6. The molecule has 0 radical (unpaired) electrons. The summed E-state index contributed by atoms with van der Waals surface area (Å²) in [5, 5.41) is 3.88. The van der Waals surface area contributed by atoms with Gasteiger partial charge >= 0.3 is 0 Å². The average molecular weight is 239 g/mol. The van der Waals surface area contributed by atoms with Gasteiger partial charge in [0.1, 0.15) is 5.69 Å². The molecule has 4 heteroatoms. The molecule has 1 N–H and O–H groups in total. The van der Waals surface area contributed by atoms with Gasteiger partial charge < -0.3 is 0 Å². The highest BCUT2D eigenvalue weighted by atomic mass is 16.2. The second-order valence-electron chi connectivity index (χ2n) is 3.66. The van der Waals surface area contributed by atoms with Gasteiger partial charge in [0.15, 0.2) is 0 Å². The number of hydrogen-bond acceptors (Lipinski definition) is 3. The molecule has 0 saturated carbocycles. The molecular weight excluding hydrogens is 226 g/mol. The highest BCUT2D eigenvalue weighted by Gasteiger charge is 2.02. The van der Waals surface area contributed by atoms with Gasteiger partial charge in [-0.2, -0.15) is 5.10 Å². The van der Waals surface area contributed by atoms with E-state index in [1.54, 1.807) is 30.6 Å². The molecule has 0 saturated heterocycles.